The quantitative estimate of drug-likeness (QED) is 0.835. The Kier molecular flexibility index (Phi) is 5.26. The highest BCUT2D eigenvalue weighted by molar-refractivity contribution is 5.75. The lowest BCUT2D eigenvalue weighted by Gasteiger charge is -2.35. The predicted molar refractivity (Wildman–Crippen MR) is 76.5 cm³/mol. The van der Waals surface area contributed by atoms with E-state index >= 15 is 0 Å². The van der Waals surface area contributed by atoms with E-state index in [4.69, 9.17) is 5.11 Å². The third-order valence-electron chi connectivity index (χ3n) is 4.87. The van der Waals surface area contributed by atoms with E-state index in [2.05, 4.69) is 12.2 Å². The molecule has 1 aliphatic heterocycles. The second-order valence-electron chi connectivity index (χ2n) is 6.11. The number of carboxylic acid groups (broad SMARTS) is 1. The van der Waals surface area contributed by atoms with E-state index in [1.807, 2.05) is 0 Å². The van der Waals surface area contributed by atoms with Crippen molar-refractivity contribution in [3.05, 3.63) is 0 Å². The van der Waals surface area contributed by atoms with E-state index in [0.717, 1.165) is 12.8 Å². The Bertz CT molecular complexity index is 351. The summed E-state index contributed by atoms with van der Waals surface area (Å²) in [5.41, 5.74) is 0. The van der Waals surface area contributed by atoms with Crippen LogP contribution in [0.15, 0.2) is 0 Å². The van der Waals surface area contributed by atoms with E-state index in [-0.39, 0.29) is 11.9 Å². The molecule has 0 bridgehead atoms. The average Bonchev–Trinajstić information content (AvgIpc) is 2.48. The van der Waals surface area contributed by atoms with Gasteiger partial charge < -0.3 is 15.3 Å². The Balaban J connectivity index is 1.81. The van der Waals surface area contributed by atoms with Gasteiger partial charge in [0.2, 0.25) is 0 Å². The topological polar surface area (TPSA) is 69.6 Å². The van der Waals surface area contributed by atoms with Crippen LogP contribution in [-0.4, -0.2) is 41.1 Å². The fourth-order valence-electron chi connectivity index (χ4n) is 3.47. The molecule has 1 aliphatic carbocycles. The molecule has 2 unspecified atom stereocenters. The van der Waals surface area contributed by atoms with E-state index in [0.29, 0.717) is 37.9 Å². The molecule has 2 rings (SSSR count). The number of carboxylic acids is 1. The standard InChI is InChI=1S/C15H26N2O3/c1-2-11-5-3-4-6-13(11)16-15(20)17-9-7-12(8-10-17)14(18)19/h11-13H,2-10H2,1H3,(H,16,20)(H,18,19). The van der Waals surface area contributed by atoms with Crippen LogP contribution in [0, 0.1) is 11.8 Å². The fourth-order valence-corrected chi connectivity index (χ4v) is 3.47. The highest BCUT2D eigenvalue weighted by atomic mass is 16.4. The normalized spacial score (nSPS) is 28.1. The number of likely N-dealkylation sites (tertiary alicyclic amines) is 1. The molecule has 0 aromatic carbocycles. The molecule has 0 radical (unpaired) electrons. The number of nitrogens with zero attached hydrogens (tertiary/aromatic N) is 1. The smallest absolute Gasteiger partial charge is 0.317 e. The van der Waals surface area contributed by atoms with Crippen molar-refractivity contribution < 1.29 is 14.7 Å². The summed E-state index contributed by atoms with van der Waals surface area (Å²) in [5.74, 6) is -0.412. The average molecular weight is 282 g/mol. The second kappa shape index (κ2) is 6.95. The number of urea groups is 1. The number of rotatable bonds is 3. The van der Waals surface area contributed by atoms with Gasteiger partial charge in [-0.15, -0.1) is 0 Å². The first-order valence-corrected chi connectivity index (χ1v) is 7.90. The molecular weight excluding hydrogens is 256 g/mol. The summed E-state index contributed by atoms with van der Waals surface area (Å²) in [5, 5.41) is 12.1. The maximum absolute atomic E-state index is 12.3. The van der Waals surface area contributed by atoms with E-state index < -0.39 is 5.97 Å². The lowest BCUT2D eigenvalue weighted by molar-refractivity contribution is -0.143. The fraction of sp³-hybridized carbons (Fsp3) is 0.867. The van der Waals surface area contributed by atoms with Crippen LogP contribution in [0.3, 0.4) is 0 Å². The molecule has 2 aliphatic rings. The highest BCUT2D eigenvalue weighted by Gasteiger charge is 2.30. The first-order valence-electron chi connectivity index (χ1n) is 7.90. The summed E-state index contributed by atoms with van der Waals surface area (Å²) < 4.78 is 0. The number of amides is 2. The van der Waals surface area contributed by atoms with Gasteiger partial charge in [-0.3, -0.25) is 4.79 Å². The molecule has 20 heavy (non-hydrogen) atoms. The van der Waals surface area contributed by atoms with Gasteiger partial charge in [0.1, 0.15) is 0 Å². The molecule has 114 valence electrons. The molecule has 2 N–H and O–H groups in total. The molecule has 0 aromatic heterocycles. The van der Waals surface area contributed by atoms with Crippen LogP contribution in [0.5, 0.6) is 0 Å². The Hall–Kier alpha value is -1.26. The minimum absolute atomic E-state index is 0.000751. The van der Waals surface area contributed by atoms with Crippen LogP contribution >= 0.6 is 0 Å². The molecule has 1 saturated carbocycles. The predicted octanol–water partition coefficient (Wildman–Crippen LogP) is 2.46. The highest BCUT2D eigenvalue weighted by Crippen LogP contribution is 2.27. The van der Waals surface area contributed by atoms with Crippen LogP contribution in [0.4, 0.5) is 4.79 Å². The van der Waals surface area contributed by atoms with Crippen molar-refractivity contribution in [2.24, 2.45) is 11.8 Å². The number of piperidine rings is 1. The third kappa shape index (κ3) is 3.64. The summed E-state index contributed by atoms with van der Waals surface area (Å²) in [6.07, 6.45) is 7.02. The zero-order valence-electron chi connectivity index (χ0n) is 12.3. The van der Waals surface area contributed by atoms with Gasteiger partial charge in [-0.05, 0) is 31.6 Å². The largest absolute Gasteiger partial charge is 0.481 e. The molecule has 2 fully saturated rings. The van der Waals surface area contributed by atoms with Crippen LogP contribution in [0.25, 0.3) is 0 Å². The number of hydrogen-bond acceptors (Lipinski definition) is 2. The molecule has 0 aromatic rings. The van der Waals surface area contributed by atoms with Gasteiger partial charge in [-0.2, -0.15) is 0 Å². The summed E-state index contributed by atoms with van der Waals surface area (Å²) in [7, 11) is 0. The van der Waals surface area contributed by atoms with Gasteiger partial charge >= 0.3 is 12.0 Å². The van der Waals surface area contributed by atoms with Crippen LogP contribution < -0.4 is 5.32 Å². The van der Waals surface area contributed by atoms with E-state index in [1.165, 1.54) is 19.3 Å². The van der Waals surface area contributed by atoms with Crippen molar-refractivity contribution in [1.29, 1.82) is 0 Å². The first kappa shape index (κ1) is 15.1. The van der Waals surface area contributed by atoms with Gasteiger partial charge in [-0.1, -0.05) is 26.2 Å². The summed E-state index contributed by atoms with van der Waals surface area (Å²) >= 11 is 0. The number of carbonyl (C=O) groups excluding carboxylic acids is 1. The minimum Gasteiger partial charge on any atom is -0.481 e. The van der Waals surface area contributed by atoms with Gasteiger partial charge in [0.05, 0.1) is 5.92 Å². The van der Waals surface area contributed by atoms with Gasteiger partial charge in [0.15, 0.2) is 0 Å². The SMILES string of the molecule is CCC1CCCCC1NC(=O)N1CCC(C(=O)O)CC1. The van der Waals surface area contributed by atoms with E-state index in [9.17, 15) is 9.59 Å². The lowest BCUT2D eigenvalue weighted by Crippen LogP contribution is -2.51. The monoisotopic (exact) mass is 282 g/mol. The van der Waals surface area contributed by atoms with Crippen molar-refractivity contribution in [3.63, 3.8) is 0 Å². The Morgan fingerprint density at radius 2 is 1.80 bits per heavy atom. The molecular formula is C15H26N2O3. The van der Waals surface area contributed by atoms with Crippen molar-refractivity contribution >= 4 is 12.0 Å². The molecule has 5 heteroatoms. The van der Waals surface area contributed by atoms with Crippen molar-refractivity contribution in [3.8, 4) is 0 Å². The van der Waals surface area contributed by atoms with Crippen molar-refractivity contribution in [2.45, 2.75) is 57.9 Å². The van der Waals surface area contributed by atoms with Crippen molar-refractivity contribution in [2.75, 3.05) is 13.1 Å². The van der Waals surface area contributed by atoms with Crippen LogP contribution in [-0.2, 0) is 4.79 Å². The molecule has 1 saturated heterocycles. The maximum Gasteiger partial charge on any atom is 0.317 e. The number of aliphatic carboxylic acids is 1. The Morgan fingerprint density at radius 1 is 1.15 bits per heavy atom. The maximum atomic E-state index is 12.3. The minimum atomic E-state index is -0.733. The molecule has 2 amide bonds. The number of hydrogen-bond donors (Lipinski definition) is 2. The second-order valence-corrected chi connectivity index (χ2v) is 6.11. The summed E-state index contributed by atoms with van der Waals surface area (Å²) in [4.78, 5) is 25.0. The van der Waals surface area contributed by atoms with Gasteiger partial charge in [-0.25, -0.2) is 4.79 Å². The third-order valence-corrected chi connectivity index (χ3v) is 4.87. The van der Waals surface area contributed by atoms with Gasteiger partial charge in [0, 0.05) is 19.1 Å². The number of carbonyl (C=O) groups is 2. The summed E-state index contributed by atoms with van der Waals surface area (Å²) in [6.45, 7) is 3.31. The van der Waals surface area contributed by atoms with E-state index in [1.54, 1.807) is 4.90 Å². The Morgan fingerprint density at radius 3 is 2.40 bits per heavy atom. The van der Waals surface area contributed by atoms with Crippen LogP contribution in [0.2, 0.25) is 0 Å². The summed E-state index contributed by atoms with van der Waals surface area (Å²) in [6, 6.07) is 0.303. The molecule has 0 spiro atoms. The van der Waals surface area contributed by atoms with Crippen LogP contribution in [0.1, 0.15) is 51.9 Å². The molecule has 2 atom stereocenters. The van der Waals surface area contributed by atoms with Gasteiger partial charge in [0.25, 0.3) is 0 Å². The first-order chi connectivity index (χ1) is 9.61. The molecule has 5 nitrogen and oxygen atoms in total. The number of nitrogens with one attached hydrogen (secondary N) is 1. The molecule has 1 heterocycles. The zero-order valence-corrected chi connectivity index (χ0v) is 12.3. The van der Waals surface area contributed by atoms with Crippen molar-refractivity contribution in [1.82, 2.24) is 10.2 Å². The Labute approximate surface area is 120 Å². The zero-order chi connectivity index (χ0) is 14.5. The lowest BCUT2D eigenvalue weighted by atomic mass is 9.83.